The highest BCUT2D eigenvalue weighted by Gasteiger charge is 2.19. The molecule has 1 unspecified atom stereocenters. The lowest BCUT2D eigenvalue weighted by Crippen LogP contribution is -2.16. The zero-order valence-electron chi connectivity index (χ0n) is 18.7. The molecule has 0 aliphatic carbocycles. The van der Waals surface area contributed by atoms with Crippen molar-refractivity contribution in [2.24, 2.45) is 0 Å². The maximum absolute atomic E-state index is 13.2. The lowest BCUT2D eigenvalue weighted by molar-refractivity contribution is 0.0976. The summed E-state index contributed by atoms with van der Waals surface area (Å²) in [5, 5.41) is 3.54. The van der Waals surface area contributed by atoms with Gasteiger partial charge in [0.15, 0.2) is 17.3 Å². The number of aryl methyl sites for hydroxylation is 2. The molecule has 0 radical (unpaired) electrons. The molecule has 0 fully saturated rings. The first kappa shape index (κ1) is 22.2. The van der Waals surface area contributed by atoms with Gasteiger partial charge in [0.05, 0.1) is 27.4 Å². The SMILES string of the molecule is COc1ccc(C(CC(=O)c2ccc(OC)c(OC)c2)Nc2ccc(C)c(C)c2)cc1. The average molecular weight is 420 g/mol. The fraction of sp³-hybridized carbons (Fsp3) is 0.269. The summed E-state index contributed by atoms with van der Waals surface area (Å²) < 4.78 is 15.9. The topological polar surface area (TPSA) is 56.8 Å². The van der Waals surface area contributed by atoms with E-state index >= 15 is 0 Å². The predicted molar refractivity (Wildman–Crippen MR) is 124 cm³/mol. The number of Topliss-reactive ketones (excluding diaryl/α,β-unsaturated/α-hetero) is 1. The van der Waals surface area contributed by atoms with Crippen LogP contribution in [0, 0.1) is 13.8 Å². The molecule has 0 spiro atoms. The fourth-order valence-corrected chi connectivity index (χ4v) is 3.43. The van der Waals surface area contributed by atoms with Crippen molar-refractivity contribution in [1.82, 2.24) is 0 Å². The van der Waals surface area contributed by atoms with Crippen LogP contribution in [0.1, 0.15) is 39.5 Å². The maximum atomic E-state index is 13.2. The molecular weight excluding hydrogens is 390 g/mol. The third-order valence-corrected chi connectivity index (χ3v) is 5.46. The van der Waals surface area contributed by atoms with Crippen molar-refractivity contribution in [2.75, 3.05) is 26.6 Å². The summed E-state index contributed by atoms with van der Waals surface area (Å²) in [4.78, 5) is 13.2. The Hall–Kier alpha value is -3.47. The van der Waals surface area contributed by atoms with Crippen LogP contribution >= 0.6 is 0 Å². The third kappa shape index (κ3) is 5.37. The number of ether oxygens (including phenoxy) is 3. The highest BCUT2D eigenvalue weighted by Crippen LogP contribution is 2.31. The highest BCUT2D eigenvalue weighted by atomic mass is 16.5. The van der Waals surface area contributed by atoms with Crippen molar-refractivity contribution in [3.63, 3.8) is 0 Å². The quantitative estimate of drug-likeness (QED) is 0.447. The number of hydrogen-bond acceptors (Lipinski definition) is 5. The summed E-state index contributed by atoms with van der Waals surface area (Å²) in [5.74, 6) is 1.92. The predicted octanol–water partition coefficient (Wildman–Crippen LogP) is 5.76. The number of nitrogens with one attached hydrogen (secondary N) is 1. The highest BCUT2D eigenvalue weighted by molar-refractivity contribution is 5.97. The lowest BCUT2D eigenvalue weighted by atomic mass is 9.97. The molecular formula is C26H29NO4. The van der Waals surface area contributed by atoms with Gasteiger partial charge in [-0.3, -0.25) is 4.79 Å². The molecule has 5 heteroatoms. The molecule has 3 rings (SSSR count). The number of anilines is 1. The summed E-state index contributed by atoms with van der Waals surface area (Å²) in [5.41, 5.74) is 4.99. The van der Waals surface area contributed by atoms with Crippen molar-refractivity contribution < 1.29 is 19.0 Å². The number of carbonyl (C=O) groups is 1. The van der Waals surface area contributed by atoms with Gasteiger partial charge in [-0.15, -0.1) is 0 Å². The van der Waals surface area contributed by atoms with Crippen LogP contribution in [0.3, 0.4) is 0 Å². The van der Waals surface area contributed by atoms with Gasteiger partial charge in [0, 0.05) is 17.7 Å². The Bertz CT molecular complexity index is 1040. The Morgan fingerprint density at radius 1 is 0.806 bits per heavy atom. The van der Waals surface area contributed by atoms with Gasteiger partial charge < -0.3 is 19.5 Å². The monoisotopic (exact) mass is 419 g/mol. The number of benzene rings is 3. The number of carbonyl (C=O) groups excluding carboxylic acids is 1. The van der Waals surface area contributed by atoms with Crippen LogP contribution in [0.25, 0.3) is 0 Å². The van der Waals surface area contributed by atoms with Gasteiger partial charge in [-0.1, -0.05) is 18.2 Å². The zero-order chi connectivity index (χ0) is 22.4. The molecule has 0 aromatic heterocycles. The van der Waals surface area contributed by atoms with E-state index in [2.05, 4.69) is 31.3 Å². The van der Waals surface area contributed by atoms with Gasteiger partial charge in [0.25, 0.3) is 0 Å². The van der Waals surface area contributed by atoms with Gasteiger partial charge >= 0.3 is 0 Å². The molecule has 3 aromatic rings. The van der Waals surface area contributed by atoms with Crippen LogP contribution in [0.4, 0.5) is 5.69 Å². The minimum Gasteiger partial charge on any atom is -0.497 e. The van der Waals surface area contributed by atoms with Crippen LogP contribution in [-0.4, -0.2) is 27.1 Å². The smallest absolute Gasteiger partial charge is 0.165 e. The van der Waals surface area contributed by atoms with Gasteiger partial charge in [-0.2, -0.15) is 0 Å². The van der Waals surface area contributed by atoms with Crippen molar-refractivity contribution in [2.45, 2.75) is 26.3 Å². The first-order valence-corrected chi connectivity index (χ1v) is 10.2. The van der Waals surface area contributed by atoms with E-state index < -0.39 is 0 Å². The van der Waals surface area contributed by atoms with Crippen LogP contribution in [0.5, 0.6) is 17.2 Å². The van der Waals surface area contributed by atoms with E-state index in [0.717, 1.165) is 17.0 Å². The average Bonchev–Trinajstić information content (AvgIpc) is 2.80. The van der Waals surface area contributed by atoms with Crippen LogP contribution in [0.2, 0.25) is 0 Å². The Labute approximate surface area is 184 Å². The van der Waals surface area contributed by atoms with Gasteiger partial charge in [0.1, 0.15) is 5.75 Å². The van der Waals surface area contributed by atoms with Crippen molar-refractivity contribution in [1.29, 1.82) is 0 Å². The summed E-state index contributed by atoms with van der Waals surface area (Å²) in [6, 6.07) is 19.1. The second kappa shape index (κ2) is 10.0. The minimum absolute atomic E-state index is 0.0121. The molecule has 0 aliphatic rings. The van der Waals surface area contributed by atoms with Crippen LogP contribution in [0.15, 0.2) is 60.7 Å². The molecule has 162 valence electrons. The maximum Gasteiger partial charge on any atom is 0.165 e. The van der Waals surface area contributed by atoms with Gasteiger partial charge in [-0.25, -0.2) is 0 Å². The Balaban J connectivity index is 1.89. The summed E-state index contributed by atoms with van der Waals surface area (Å²) >= 11 is 0. The van der Waals surface area contributed by atoms with E-state index in [0.29, 0.717) is 17.1 Å². The Kier molecular flexibility index (Phi) is 7.19. The standard InChI is InChI=1S/C26H29NO4/c1-17-6-10-21(14-18(17)2)27-23(19-7-11-22(29-3)12-8-19)16-24(28)20-9-13-25(30-4)26(15-20)31-5/h6-15,23,27H,16H2,1-5H3. The molecule has 31 heavy (non-hydrogen) atoms. The molecule has 5 nitrogen and oxygen atoms in total. The first-order valence-electron chi connectivity index (χ1n) is 10.2. The van der Waals surface area contributed by atoms with Crippen molar-refractivity contribution in [3.05, 3.63) is 82.9 Å². The fourth-order valence-electron chi connectivity index (χ4n) is 3.43. The van der Waals surface area contributed by atoms with E-state index in [1.807, 2.05) is 30.3 Å². The number of rotatable bonds is 9. The second-order valence-corrected chi connectivity index (χ2v) is 7.47. The zero-order valence-corrected chi connectivity index (χ0v) is 18.7. The molecule has 1 N–H and O–H groups in total. The summed E-state index contributed by atoms with van der Waals surface area (Å²) in [6.45, 7) is 4.17. The lowest BCUT2D eigenvalue weighted by Gasteiger charge is -2.21. The number of ketones is 1. The number of hydrogen-bond donors (Lipinski definition) is 1. The van der Waals surface area contributed by atoms with E-state index in [-0.39, 0.29) is 18.2 Å². The molecule has 0 aliphatic heterocycles. The molecule has 1 atom stereocenters. The molecule has 0 saturated carbocycles. The number of methoxy groups -OCH3 is 3. The van der Waals surface area contributed by atoms with Gasteiger partial charge in [0.2, 0.25) is 0 Å². The second-order valence-electron chi connectivity index (χ2n) is 7.47. The van der Waals surface area contributed by atoms with E-state index in [1.54, 1.807) is 39.5 Å². The third-order valence-electron chi connectivity index (χ3n) is 5.46. The molecule has 3 aromatic carbocycles. The largest absolute Gasteiger partial charge is 0.497 e. The Morgan fingerprint density at radius 2 is 1.52 bits per heavy atom. The summed E-state index contributed by atoms with van der Waals surface area (Å²) in [6.07, 6.45) is 0.286. The molecule has 0 bridgehead atoms. The van der Waals surface area contributed by atoms with Gasteiger partial charge in [-0.05, 0) is 73.0 Å². The molecule has 0 amide bonds. The molecule has 0 heterocycles. The van der Waals surface area contributed by atoms with Crippen molar-refractivity contribution in [3.8, 4) is 17.2 Å². The molecule has 0 saturated heterocycles. The van der Waals surface area contributed by atoms with Crippen molar-refractivity contribution >= 4 is 11.5 Å². The minimum atomic E-state index is -0.200. The first-order chi connectivity index (χ1) is 14.9. The van der Waals surface area contributed by atoms with Crippen LogP contribution < -0.4 is 19.5 Å². The normalized spacial score (nSPS) is 11.5. The summed E-state index contributed by atoms with van der Waals surface area (Å²) in [7, 11) is 4.78. The van der Waals surface area contributed by atoms with E-state index in [1.165, 1.54) is 11.1 Å². The Morgan fingerprint density at radius 3 is 2.13 bits per heavy atom. The van der Waals surface area contributed by atoms with Crippen LogP contribution in [-0.2, 0) is 0 Å². The van der Waals surface area contributed by atoms with E-state index in [4.69, 9.17) is 14.2 Å². The van der Waals surface area contributed by atoms with E-state index in [9.17, 15) is 4.79 Å².